The van der Waals surface area contributed by atoms with Crippen molar-refractivity contribution in [2.24, 2.45) is 17.8 Å². The first-order valence-corrected chi connectivity index (χ1v) is 14.4. The van der Waals surface area contributed by atoms with E-state index in [0.717, 1.165) is 19.3 Å². The zero-order valence-electron chi connectivity index (χ0n) is 21.7. The van der Waals surface area contributed by atoms with E-state index in [1.807, 2.05) is 13.8 Å². The van der Waals surface area contributed by atoms with Gasteiger partial charge in [0.25, 0.3) is 0 Å². The zero-order chi connectivity index (χ0) is 28.9. The second kappa shape index (κ2) is 10.5. The number of ether oxygens (including phenoxy) is 5. The van der Waals surface area contributed by atoms with E-state index in [9.17, 15) is 36.4 Å². The average molecular weight is 583 g/mol. The SMILES string of the molecule is CC(C)C1(OC(=O)C2C3OC4C(OC(=O)C42)C3OC(=O)CCC(=O)OC(C)C(F)(F)S(=O)(=O)O)CCCCC1. The fraction of sp³-hybridized carbons (Fsp3) is 0.833. The van der Waals surface area contributed by atoms with Gasteiger partial charge in [-0.3, -0.25) is 23.7 Å². The number of hydrogen-bond donors (Lipinski definition) is 1. The summed E-state index contributed by atoms with van der Waals surface area (Å²) < 4.78 is 84.3. The first-order valence-electron chi connectivity index (χ1n) is 12.9. The summed E-state index contributed by atoms with van der Waals surface area (Å²) in [5, 5.41) is -4.75. The third kappa shape index (κ3) is 5.36. The molecule has 15 heteroatoms. The third-order valence-electron chi connectivity index (χ3n) is 8.16. The maximum absolute atomic E-state index is 13.6. The summed E-state index contributed by atoms with van der Waals surface area (Å²) in [4.78, 5) is 50.4. The molecular weight excluding hydrogens is 550 g/mol. The van der Waals surface area contributed by atoms with Crippen LogP contribution in [0.5, 0.6) is 0 Å². The van der Waals surface area contributed by atoms with E-state index in [1.54, 1.807) is 0 Å². The fourth-order valence-corrected chi connectivity index (χ4v) is 6.37. The van der Waals surface area contributed by atoms with Crippen molar-refractivity contribution in [2.75, 3.05) is 0 Å². The molecule has 3 saturated heterocycles. The van der Waals surface area contributed by atoms with Gasteiger partial charge in [0.2, 0.25) is 0 Å². The number of rotatable bonds is 10. The highest BCUT2D eigenvalue weighted by Gasteiger charge is 2.72. The molecule has 2 bridgehead atoms. The van der Waals surface area contributed by atoms with Crippen molar-refractivity contribution in [1.82, 2.24) is 0 Å². The lowest BCUT2D eigenvalue weighted by Crippen LogP contribution is -2.51. The molecule has 0 aromatic carbocycles. The minimum Gasteiger partial charge on any atom is -0.458 e. The molecule has 4 aliphatic rings. The highest BCUT2D eigenvalue weighted by atomic mass is 32.2. The van der Waals surface area contributed by atoms with Gasteiger partial charge in [-0.25, -0.2) is 0 Å². The van der Waals surface area contributed by atoms with Gasteiger partial charge in [-0.1, -0.05) is 20.3 Å². The molecule has 3 aliphatic heterocycles. The molecule has 12 nitrogen and oxygen atoms in total. The Kier molecular flexibility index (Phi) is 8.00. The molecule has 0 amide bonds. The topological polar surface area (TPSA) is 169 Å². The van der Waals surface area contributed by atoms with Crippen molar-refractivity contribution in [1.29, 1.82) is 0 Å². The van der Waals surface area contributed by atoms with Gasteiger partial charge in [0.1, 0.15) is 29.6 Å². The first kappa shape index (κ1) is 29.6. The predicted octanol–water partition coefficient (Wildman–Crippen LogP) is 1.93. The normalized spacial score (nSPS) is 32.0. The Labute approximate surface area is 223 Å². The summed E-state index contributed by atoms with van der Waals surface area (Å²) in [7, 11) is -5.83. The molecule has 1 saturated carbocycles. The van der Waals surface area contributed by atoms with Crippen molar-refractivity contribution in [3.63, 3.8) is 0 Å². The molecule has 4 fully saturated rings. The molecule has 0 spiro atoms. The van der Waals surface area contributed by atoms with Gasteiger partial charge >= 0.3 is 39.2 Å². The molecule has 39 heavy (non-hydrogen) atoms. The molecular formula is C24H32F2O12S. The lowest BCUT2D eigenvalue weighted by molar-refractivity contribution is -0.181. The summed E-state index contributed by atoms with van der Waals surface area (Å²) >= 11 is 0. The van der Waals surface area contributed by atoms with Crippen molar-refractivity contribution in [3.8, 4) is 0 Å². The number of esters is 4. The molecule has 0 radical (unpaired) electrons. The van der Waals surface area contributed by atoms with E-state index in [2.05, 4.69) is 4.74 Å². The van der Waals surface area contributed by atoms with E-state index in [-0.39, 0.29) is 5.92 Å². The second-order valence-electron chi connectivity index (χ2n) is 10.8. The first-order chi connectivity index (χ1) is 18.1. The smallest absolute Gasteiger partial charge is 0.405 e. The number of alkyl halides is 2. The average Bonchev–Trinajstić information content (AvgIpc) is 3.46. The molecule has 7 atom stereocenters. The number of carbonyl (C=O) groups excluding carboxylic acids is 4. The summed E-state index contributed by atoms with van der Waals surface area (Å²) in [5.41, 5.74) is -0.672. The van der Waals surface area contributed by atoms with E-state index in [1.165, 1.54) is 0 Å². The highest BCUT2D eigenvalue weighted by molar-refractivity contribution is 7.86. The van der Waals surface area contributed by atoms with Crippen LogP contribution < -0.4 is 0 Å². The lowest BCUT2D eigenvalue weighted by Gasteiger charge is -2.41. The van der Waals surface area contributed by atoms with Gasteiger partial charge in [0, 0.05) is 0 Å². The quantitative estimate of drug-likeness (QED) is 0.226. The van der Waals surface area contributed by atoms with Crippen LogP contribution in [0.3, 0.4) is 0 Å². The van der Waals surface area contributed by atoms with Crippen LogP contribution in [0.25, 0.3) is 0 Å². The minimum atomic E-state index is -5.83. The molecule has 1 aliphatic carbocycles. The van der Waals surface area contributed by atoms with Crippen LogP contribution >= 0.6 is 0 Å². The number of hydrogen-bond acceptors (Lipinski definition) is 11. The van der Waals surface area contributed by atoms with E-state index >= 15 is 0 Å². The Hall–Kier alpha value is -2.39. The van der Waals surface area contributed by atoms with Gasteiger partial charge in [-0.05, 0) is 38.5 Å². The van der Waals surface area contributed by atoms with Gasteiger partial charge in [-0.15, -0.1) is 0 Å². The maximum Gasteiger partial charge on any atom is 0.405 e. The van der Waals surface area contributed by atoms with Crippen molar-refractivity contribution in [2.45, 2.75) is 107 Å². The second-order valence-corrected chi connectivity index (χ2v) is 12.3. The van der Waals surface area contributed by atoms with Gasteiger partial charge in [0.15, 0.2) is 18.3 Å². The number of fused-ring (bicyclic) bond motifs is 1. The molecule has 1 N–H and O–H groups in total. The lowest BCUT2D eigenvalue weighted by atomic mass is 9.75. The van der Waals surface area contributed by atoms with E-state index < -0.39 is 100 Å². The Bertz CT molecular complexity index is 1120. The van der Waals surface area contributed by atoms with Gasteiger partial charge < -0.3 is 23.7 Å². The van der Waals surface area contributed by atoms with Crippen LogP contribution in [0, 0.1) is 17.8 Å². The van der Waals surface area contributed by atoms with Crippen LogP contribution in [0.2, 0.25) is 0 Å². The summed E-state index contributed by atoms with van der Waals surface area (Å²) in [6.45, 7) is 4.50. The predicted molar refractivity (Wildman–Crippen MR) is 123 cm³/mol. The van der Waals surface area contributed by atoms with Crippen LogP contribution in [-0.2, 0) is 53.0 Å². The maximum atomic E-state index is 13.6. The summed E-state index contributed by atoms with van der Waals surface area (Å²) in [6.07, 6.45) is -3.61. The standard InChI is InChI=1S/C24H32F2O12S/c1-11(2)23(9-5-4-6-10-23)38-22(30)16-15-17-20(37-21(15)29)19(18(16)36-17)35-14(28)8-7-13(27)34-12(3)24(25,26)39(31,32)33/h11-12,15-20H,4-10H2,1-3H3,(H,31,32,33). The monoisotopic (exact) mass is 582 g/mol. The van der Waals surface area contributed by atoms with Crippen molar-refractivity contribution >= 4 is 34.0 Å². The molecule has 0 aromatic rings. The number of halogens is 2. The third-order valence-corrected chi connectivity index (χ3v) is 9.18. The summed E-state index contributed by atoms with van der Waals surface area (Å²) in [6, 6.07) is 0. The zero-order valence-corrected chi connectivity index (χ0v) is 22.5. The van der Waals surface area contributed by atoms with Crippen LogP contribution in [0.1, 0.15) is 65.7 Å². The Morgan fingerprint density at radius 3 is 2.26 bits per heavy atom. The number of carbonyl (C=O) groups is 4. The van der Waals surface area contributed by atoms with Crippen LogP contribution in [-0.4, -0.2) is 78.2 Å². The summed E-state index contributed by atoms with van der Waals surface area (Å²) in [5.74, 6) is -5.52. The van der Waals surface area contributed by atoms with Gasteiger partial charge in [-0.2, -0.15) is 17.2 Å². The van der Waals surface area contributed by atoms with Crippen molar-refractivity contribution in [3.05, 3.63) is 0 Å². The van der Waals surface area contributed by atoms with E-state index in [0.29, 0.717) is 19.8 Å². The minimum absolute atomic E-state index is 0.0399. The fourth-order valence-electron chi connectivity index (χ4n) is 5.90. The molecule has 0 aromatic heterocycles. The molecule has 7 unspecified atom stereocenters. The Balaban J connectivity index is 1.38. The van der Waals surface area contributed by atoms with E-state index in [4.69, 9.17) is 23.5 Å². The van der Waals surface area contributed by atoms with Gasteiger partial charge in [0.05, 0.1) is 12.8 Å². The van der Waals surface area contributed by atoms with Crippen LogP contribution in [0.4, 0.5) is 8.78 Å². The Morgan fingerprint density at radius 1 is 1.05 bits per heavy atom. The molecule has 4 rings (SSSR count). The molecule has 220 valence electrons. The molecule has 3 heterocycles. The van der Waals surface area contributed by atoms with Crippen LogP contribution in [0.15, 0.2) is 0 Å². The highest BCUT2D eigenvalue weighted by Crippen LogP contribution is 2.52. The Morgan fingerprint density at radius 2 is 1.67 bits per heavy atom. The van der Waals surface area contributed by atoms with Crippen molar-refractivity contribution < 1.29 is 64.6 Å². The largest absolute Gasteiger partial charge is 0.458 e.